The number of methoxy groups -OCH3 is 1. The van der Waals surface area contributed by atoms with E-state index in [1.54, 1.807) is 19.2 Å². The van der Waals surface area contributed by atoms with E-state index in [0.29, 0.717) is 18.2 Å². The molecule has 0 bridgehead atoms. The van der Waals surface area contributed by atoms with Crippen LogP contribution in [0.4, 0.5) is 10.1 Å². The van der Waals surface area contributed by atoms with Gasteiger partial charge in [0.15, 0.2) is 5.96 Å². The zero-order chi connectivity index (χ0) is 18.8. The molecule has 7 heteroatoms. The van der Waals surface area contributed by atoms with Crippen LogP contribution in [-0.2, 0) is 9.53 Å². The van der Waals surface area contributed by atoms with Crippen molar-refractivity contribution in [3.8, 4) is 0 Å². The second-order valence-electron chi connectivity index (χ2n) is 6.70. The normalized spacial score (nSPS) is 15.9. The SMILES string of the molecule is CCNC(=NCC(=O)Nc1cccc(F)c1)NCC1(CCOC)CCC1. The molecule has 2 rings (SSSR count). The van der Waals surface area contributed by atoms with Gasteiger partial charge in [0.1, 0.15) is 12.4 Å². The molecule has 1 saturated carbocycles. The Bertz CT molecular complexity index is 617. The molecular formula is C19H29FN4O2. The van der Waals surface area contributed by atoms with Crippen molar-refractivity contribution in [1.82, 2.24) is 10.6 Å². The fourth-order valence-electron chi connectivity index (χ4n) is 3.04. The lowest BCUT2D eigenvalue weighted by molar-refractivity contribution is -0.114. The van der Waals surface area contributed by atoms with Gasteiger partial charge in [-0.05, 0) is 49.8 Å². The summed E-state index contributed by atoms with van der Waals surface area (Å²) in [7, 11) is 1.72. The monoisotopic (exact) mass is 364 g/mol. The molecule has 0 atom stereocenters. The van der Waals surface area contributed by atoms with Crippen molar-refractivity contribution < 1.29 is 13.9 Å². The van der Waals surface area contributed by atoms with Gasteiger partial charge in [-0.25, -0.2) is 9.38 Å². The molecule has 0 aliphatic heterocycles. The molecular weight excluding hydrogens is 335 g/mol. The zero-order valence-electron chi connectivity index (χ0n) is 15.6. The Hall–Kier alpha value is -2.15. The molecule has 0 aromatic heterocycles. The maximum atomic E-state index is 13.2. The van der Waals surface area contributed by atoms with E-state index in [1.165, 1.54) is 31.4 Å². The Morgan fingerprint density at radius 1 is 1.35 bits per heavy atom. The Kier molecular flexibility index (Phi) is 7.84. The van der Waals surface area contributed by atoms with Crippen LogP contribution in [0.5, 0.6) is 0 Å². The number of hydrogen-bond donors (Lipinski definition) is 3. The van der Waals surface area contributed by atoms with Crippen molar-refractivity contribution in [1.29, 1.82) is 0 Å². The molecule has 1 fully saturated rings. The minimum absolute atomic E-state index is 0.0308. The van der Waals surface area contributed by atoms with Crippen LogP contribution < -0.4 is 16.0 Å². The lowest BCUT2D eigenvalue weighted by Crippen LogP contribution is -2.47. The third kappa shape index (κ3) is 6.29. The molecule has 144 valence electrons. The van der Waals surface area contributed by atoms with Crippen molar-refractivity contribution >= 4 is 17.6 Å². The predicted molar refractivity (Wildman–Crippen MR) is 102 cm³/mol. The molecule has 0 heterocycles. The van der Waals surface area contributed by atoms with Gasteiger partial charge in [-0.2, -0.15) is 0 Å². The number of anilines is 1. The maximum Gasteiger partial charge on any atom is 0.246 e. The number of aliphatic imine (C=N–C) groups is 1. The standard InChI is InChI=1S/C19H29FN4O2/c1-3-21-18(23-14-19(8-5-9-19)10-11-26-2)22-13-17(25)24-16-7-4-6-15(20)12-16/h4,6-7,12H,3,5,8-11,13-14H2,1-2H3,(H,24,25)(H2,21,22,23). The van der Waals surface area contributed by atoms with Gasteiger partial charge < -0.3 is 20.7 Å². The molecule has 0 radical (unpaired) electrons. The average molecular weight is 364 g/mol. The van der Waals surface area contributed by atoms with Crippen LogP contribution in [0.25, 0.3) is 0 Å². The summed E-state index contributed by atoms with van der Waals surface area (Å²) >= 11 is 0. The van der Waals surface area contributed by atoms with E-state index >= 15 is 0 Å². The van der Waals surface area contributed by atoms with Crippen molar-refractivity contribution in [2.75, 3.05) is 38.7 Å². The van der Waals surface area contributed by atoms with Gasteiger partial charge in [-0.1, -0.05) is 12.5 Å². The number of amides is 1. The molecule has 0 spiro atoms. The first-order valence-corrected chi connectivity index (χ1v) is 9.13. The van der Waals surface area contributed by atoms with E-state index in [0.717, 1.165) is 19.6 Å². The Morgan fingerprint density at radius 2 is 2.15 bits per heavy atom. The van der Waals surface area contributed by atoms with Gasteiger partial charge in [-0.15, -0.1) is 0 Å². The molecule has 6 nitrogen and oxygen atoms in total. The fraction of sp³-hybridized carbons (Fsp3) is 0.579. The number of nitrogens with zero attached hydrogens (tertiary/aromatic N) is 1. The minimum atomic E-state index is -0.386. The number of nitrogens with one attached hydrogen (secondary N) is 3. The van der Waals surface area contributed by atoms with Crippen molar-refractivity contribution in [2.45, 2.75) is 32.6 Å². The highest BCUT2D eigenvalue weighted by Gasteiger charge is 2.36. The minimum Gasteiger partial charge on any atom is -0.385 e. The van der Waals surface area contributed by atoms with Crippen molar-refractivity contribution in [3.63, 3.8) is 0 Å². The summed E-state index contributed by atoms with van der Waals surface area (Å²) in [5.74, 6) is -0.0562. The maximum absolute atomic E-state index is 13.2. The molecule has 0 unspecified atom stereocenters. The number of ether oxygens (including phenoxy) is 1. The summed E-state index contributed by atoms with van der Waals surface area (Å²) in [6.07, 6.45) is 4.64. The van der Waals surface area contributed by atoms with Crippen LogP contribution in [0.15, 0.2) is 29.3 Å². The number of guanidine groups is 1. The molecule has 1 aliphatic carbocycles. The van der Waals surface area contributed by atoms with Gasteiger partial charge in [0.2, 0.25) is 5.91 Å². The molecule has 1 amide bonds. The van der Waals surface area contributed by atoms with E-state index in [4.69, 9.17) is 4.74 Å². The second kappa shape index (κ2) is 10.1. The largest absolute Gasteiger partial charge is 0.385 e. The summed E-state index contributed by atoms with van der Waals surface area (Å²) in [5, 5.41) is 9.14. The molecule has 1 aromatic rings. The van der Waals surface area contributed by atoms with E-state index in [2.05, 4.69) is 20.9 Å². The van der Waals surface area contributed by atoms with Gasteiger partial charge in [0.25, 0.3) is 0 Å². The highest BCUT2D eigenvalue weighted by molar-refractivity contribution is 5.94. The van der Waals surface area contributed by atoms with Crippen LogP contribution in [-0.4, -0.2) is 45.2 Å². The molecule has 26 heavy (non-hydrogen) atoms. The topological polar surface area (TPSA) is 74.8 Å². The summed E-state index contributed by atoms with van der Waals surface area (Å²) in [6.45, 7) is 4.23. The summed E-state index contributed by atoms with van der Waals surface area (Å²) < 4.78 is 18.4. The predicted octanol–water partition coefficient (Wildman–Crippen LogP) is 2.53. The van der Waals surface area contributed by atoms with Crippen molar-refractivity contribution in [3.05, 3.63) is 30.1 Å². The highest BCUT2D eigenvalue weighted by atomic mass is 19.1. The van der Waals surface area contributed by atoms with Crippen LogP contribution in [0.2, 0.25) is 0 Å². The summed E-state index contributed by atoms with van der Waals surface area (Å²) in [6, 6.07) is 5.81. The second-order valence-corrected chi connectivity index (χ2v) is 6.70. The fourth-order valence-corrected chi connectivity index (χ4v) is 3.04. The highest BCUT2D eigenvalue weighted by Crippen LogP contribution is 2.43. The number of hydrogen-bond acceptors (Lipinski definition) is 3. The van der Waals surface area contributed by atoms with Gasteiger partial charge in [0, 0.05) is 32.5 Å². The quantitative estimate of drug-likeness (QED) is 0.465. The Morgan fingerprint density at radius 3 is 2.77 bits per heavy atom. The Labute approximate surface area is 154 Å². The van der Waals surface area contributed by atoms with Gasteiger partial charge in [-0.3, -0.25) is 4.79 Å². The molecule has 1 aromatic carbocycles. The van der Waals surface area contributed by atoms with E-state index in [9.17, 15) is 9.18 Å². The van der Waals surface area contributed by atoms with E-state index in [1.807, 2.05) is 6.92 Å². The average Bonchev–Trinajstić information content (AvgIpc) is 2.58. The number of rotatable bonds is 9. The Balaban J connectivity index is 1.86. The van der Waals surface area contributed by atoms with E-state index < -0.39 is 0 Å². The summed E-state index contributed by atoms with van der Waals surface area (Å²) in [4.78, 5) is 16.4. The van der Waals surface area contributed by atoms with Crippen LogP contribution >= 0.6 is 0 Å². The van der Waals surface area contributed by atoms with Crippen LogP contribution in [0.3, 0.4) is 0 Å². The number of carbonyl (C=O) groups excluding carboxylic acids is 1. The first kappa shape index (κ1) is 20.2. The van der Waals surface area contributed by atoms with Gasteiger partial charge in [0.05, 0.1) is 0 Å². The van der Waals surface area contributed by atoms with Gasteiger partial charge >= 0.3 is 0 Å². The lowest BCUT2D eigenvalue weighted by Gasteiger charge is -2.42. The molecule has 3 N–H and O–H groups in total. The zero-order valence-corrected chi connectivity index (χ0v) is 15.6. The van der Waals surface area contributed by atoms with Crippen LogP contribution in [0, 0.1) is 11.2 Å². The number of benzene rings is 1. The van der Waals surface area contributed by atoms with E-state index in [-0.39, 0.29) is 23.7 Å². The lowest BCUT2D eigenvalue weighted by atomic mass is 9.67. The first-order valence-electron chi connectivity index (χ1n) is 9.13. The van der Waals surface area contributed by atoms with Crippen LogP contribution in [0.1, 0.15) is 32.6 Å². The number of halogens is 1. The van der Waals surface area contributed by atoms with Crippen molar-refractivity contribution in [2.24, 2.45) is 10.4 Å². The smallest absolute Gasteiger partial charge is 0.246 e. The summed E-state index contributed by atoms with van der Waals surface area (Å²) in [5.41, 5.74) is 0.687. The third-order valence-corrected chi connectivity index (χ3v) is 4.71. The first-order chi connectivity index (χ1) is 12.6. The number of carbonyl (C=O) groups is 1. The third-order valence-electron chi connectivity index (χ3n) is 4.71. The molecule has 1 aliphatic rings. The molecule has 0 saturated heterocycles.